The molecule has 1 saturated carbocycles. The normalized spacial score (nSPS) is 35.0. The van der Waals surface area contributed by atoms with E-state index >= 15 is 0 Å². The molecule has 5 nitrogen and oxygen atoms in total. The Labute approximate surface area is 121 Å². The molecule has 5 heteroatoms. The molecule has 2 aliphatic carbocycles. The minimum Gasteiger partial charge on any atom is -0.454 e. The average Bonchev–Trinajstić information content (AvgIpc) is 3.22. The number of imide groups is 1. The number of nitrogens with zero attached hydrogens (tertiary/aromatic N) is 1. The minimum absolute atomic E-state index is 0.0688. The predicted molar refractivity (Wildman–Crippen MR) is 72.8 cm³/mol. The number of hydrogen-bond donors (Lipinski definition) is 0. The third kappa shape index (κ3) is 1.31. The van der Waals surface area contributed by atoms with E-state index in [0.29, 0.717) is 17.2 Å². The van der Waals surface area contributed by atoms with E-state index in [1.165, 1.54) is 4.90 Å². The van der Waals surface area contributed by atoms with Crippen molar-refractivity contribution in [3.8, 4) is 11.5 Å². The highest BCUT2D eigenvalue weighted by Crippen LogP contribution is 2.53. The summed E-state index contributed by atoms with van der Waals surface area (Å²) >= 11 is 0. The maximum absolute atomic E-state index is 12.7. The second-order valence-corrected chi connectivity index (χ2v) is 6.05. The third-order valence-electron chi connectivity index (χ3n) is 5.08. The zero-order chi connectivity index (χ0) is 14.1. The number of benzene rings is 1. The molecule has 2 fully saturated rings. The van der Waals surface area contributed by atoms with Crippen molar-refractivity contribution in [1.29, 1.82) is 0 Å². The van der Waals surface area contributed by atoms with Crippen LogP contribution in [0.15, 0.2) is 30.4 Å². The van der Waals surface area contributed by atoms with Crippen molar-refractivity contribution < 1.29 is 19.1 Å². The molecule has 5 rings (SSSR count). The van der Waals surface area contributed by atoms with Gasteiger partial charge in [0, 0.05) is 6.07 Å². The van der Waals surface area contributed by atoms with Gasteiger partial charge >= 0.3 is 0 Å². The first-order valence-corrected chi connectivity index (χ1v) is 7.20. The van der Waals surface area contributed by atoms with Gasteiger partial charge in [-0.2, -0.15) is 0 Å². The molecule has 0 spiro atoms. The first-order chi connectivity index (χ1) is 10.2. The molecular weight excluding hydrogens is 270 g/mol. The molecule has 0 radical (unpaired) electrons. The Morgan fingerprint density at radius 1 is 0.952 bits per heavy atom. The molecule has 2 heterocycles. The van der Waals surface area contributed by atoms with Crippen molar-refractivity contribution in [2.45, 2.75) is 6.42 Å². The van der Waals surface area contributed by atoms with Crippen molar-refractivity contribution in [3.63, 3.8) is 0 Å². The molecule has 4 aliphatic rings. The molecule has 4 atom stereocenters. The van der Waals surface area contributed by atoms with Gasteiger partial charge in [-0.3, -0.25) is 9.59 Å². The summed E-state index contributed by atoms with van der Waals surface area (Å²) in [5.74, 6) is 1.23. The fraction of sp³-hybridized carbons (Fsp3) is 0.375. The van der Waals surface area contributed by atoms with Crippen LogP contribution in [0.4, 0.5) is 5.69 Å². The van der Waals surface area contributed by atoms with Gasteiger partial charge in [0.15, 0.2) is 11.5 Å². The molecule has 2 bridgehead atoms. The molecule has 1 aromatic rings. The summed E-state index contributed by atoms with van der Waals surface area (Å²) < 4.78 is 10.6. The van der Waals surface area contributed by atoms with Gasteiger partial charge in [-0.25, -0.2) is 4.90 Å². The van der Waals surface area contributed by atoms with Gasteiger partial charge in [0.25, 0.3) is 0 Å². The van der Waals surface area contributed by atoms with Crippen LogP contribution < -0.4 is 14.4 Å². The van der Waals surface area contributed by atoms with E-state index in [4.69, 9.17) is 9.47 Å². The molecule has 21 heavy (non-hydrogen) atoms. The Hall–Kier alpha value is -2.30. The lowest BCUT2D eigenvalue weighted by Crippen LogP contribution is -2.32. The lowest BCUT2D eigenvalue weighted by molar-refractivity contribution is -0.123. The molecular formula is C16H13NO4. The monoisotopic (exact) mass is 283 g/mol. The second-order valence-electron chi connectivity index (χ2n) is 6.05. The number of rotatable bonds is 1. The van der Waals surface area contributed by atoms with E-state index in [-0.39, 0.29) is 42.3 Å². The molecule has 0 unspecified atom stereocenters. The first kappa shape index (κ1) is 11.4. The molecule has 0 N–H and O–H groups in total. The van der Waals surface area contributed by atoms with Gasteiger partial charge in [-0.15, -0.1) is 0 Å². The Morgan fingerprint density at radius 2 is 1.62 bits per heavy atom. The standard InChI is InChI=1S/C16H13NO4/c18-15-13-8-1-2-9(5-8)14(13)16(19)17(15)10-3-4-11-12(6-10)21-7-20-11/h1-4,6,8-9,13-14H,5,7H2/t8-,9-,13-,14-/m0/s1. The number of hydrogen-bond acceptors (Lipinski definition) is 4. The van der Waals surface area contributed by atoms with Crippen LogP contribution in [-0.2, 0) is 9.59 Å². The van der Waals surface area contributed by atoms with E-state index in [1.807, 2.05) is 0 Å². The number of carbonyl (C=O) groups is 2. The van der Waals surface area contributed by atoms with Crippen molar-refractivity contribution in [3.05, 3.63) is 30.4 Å². The van der Waals surface area contributed by atoms with Crippen molar-refractivity contribution in [2.75, 3.05) is 11.7 Å². The maximum atomic E-state index is 12.7. The average molecular weight is 283 g/mol. The maximum Gasteiger partial charge on any atom is 0.238 e. The minimum atomic E-state index is -0.169. The van der Waals surface area contributed by atoms with Crippen LogP contribution in [0.25, 0.3) is 0 Å². The molecule has 0 aromatic heterocycles. The fourth-order valence-electron chi connectivity index (χ4n) is 4.18. The van der Waals surface area contributed by atoms with E-state index in [1.54, 1.807) is 18.2 Å². The van der Waals surface area contributed by atoms with E-state index < -0.39 is 0 Å². The number of anilines is 1. The smallest absolute Gasteiger partial charge is 0.238 e. The van der Waals surface area contributed by atoms with Crippen LogP contribution in [-0.4, -0.2) is 18.6 Å². The summed E-state index contributed by atoms with van der Waals surface area (Å²) in [5.41, 5.74) is 0.586. The topological polar surface area (TPSA) is 55.8 Å². The summed E-state index contributed by atoms with van der Waals surface area (Å²) in [6.45, 7) is 0.181. The van der Waals surface area contributed by atoms with Gasteiger partial charge in [0.05, 0.1) is 17.5 Å². The van der Waals surface area contributed by atoms with Crippen LogP contribution in [0.2, 0.25) is 0 Å². The fourth-order valence-corrected chi connectivity index (χ4v) is 4.18. The number of ether oxygens (including phenoxy) is 2. The first-order valence-electron chi connectivity index (χ1n) is 7.20. The highest BCUT2D eigenvalue weighted by Gasteiger charge is 2.59. The number of carbonyl (C=O) groups excluding carboxylic acids is 2. The highest BCUT2D eigenvalue weighted by atomic mass is 16.7. The summed E-state index contributed by atoms with van der Waals surface area (Å²) in [7, 11) is 0. The molecule has 1 saturated heterocycles. The molecule has 2 aliphatic heterocycles. The van der Waals surface area contributed by atoms with Gasteiger partial charge in [-0.05, 0) is 30.4 Å². The Kier molecular flexibility index (Phi) is 1.98. The predicted octanol–water partition coefficient (Wildman–Crippen LogP) is 1.73. The zero-order valence-electron chi connectivity index (χ0n) is 11.2. The Morgan fingerprint density at radius 3 is 2.33 bits per heavy atom. The summed E-state index contributed by atoms with van der Waals surface area (Å²) in [6, 6.07) is 5.22. The lowest BCUT2D eigenvalue weighted by atomic mass is 9.85. The van der Waals surface area contributed by atoms with Crippen molar-refractivity contribution in [2.24, 2.45) is 23.7 Å². The van der Waals surface area contributed by atoms with Crippen molar-refractivity contribution in [1.82, 2.24) is 0 Å². The van der Waals surface area contributed by atoms with Crippen LogP contribution >= 0.6 is 0 Å². The van der Waals surface area contributed by atoms with Gasteiger partial charge < -0.3 is 9.47 Å². The van der Waals surface area contributed by atoms with Crippen LogP contribution in [0.3, 0.4) is 0 Å². The summed E-state index contributed by atoms with van der Waals surface area (Å²) in [6.07, 6.45) is 5.14. The zero-order valence-corrected chi connectivity index (χ0v) is 11.2. The number of fused-ring (bicyclic) bond motifs is 6. The van der Waals surface area contributed by atoms with Crippen molar-refractivity contribution >= 4 is 17.5 Å². The van der Waals surface area contributed by atoms with Crippen LogP contribution in [0, 0.1) is 23.7 Å². The van der Waals surface area contributed by atoms with E-state index in [2.05, 4.69) is 12.2 Å². The van der Waals surface area contributed by atoms with Crippen LogP contribution in [0.1, 0.15) is 6.42 Å². The van der Waals surface area contributed by atoms with E-state index in [9.17, 15) is 9.59 Å². The third-order valence-corrected chi connectivity index (χ3v) is 5.08. The van der Waals surface area contributed by atoms with Gasteiger partial charge in [0.2, 0.25) is 18.6 Å². The number of amides is 2. The SMILES string of the molecule is O=C1[C@@H]2[C@@H](C(=O)N1c1ccc3c(c1)OCO3)[C@H]1C=C[C@H]2C1. The Balaban J connectivity index is 1.56. The summed E-state index contributed by atoms with van der Waals surface area (Å²) in [5, 5.41) is 0. The second kappa shape index (κ2) is 3.67. The summed E-state index contributed by atoms with van der Waals surface area (Å²) in [4.78, 5) is 26.7. The largest absolute Gasteiger partial charge is 0.454 e. The quantitative estimate of drug-likeness (QED) is 0.582. The molecule has 106 valence electrons. The van der Waals surface area contributed by atoms with Crippen LogP contribution in [0.5, 0.6) is 11.5 Å². The number of allylic oxidation sites excluding steroid dienone is 2. The van der Waals surface area contributed by atoms with Gasteiger partial charge in [0.1, 0.15) is 0 Å². The van der Waals surface area contributed by atoms with E-state index in [0.717, 1.165) is 6.42 Å². The lowest BCUT2D eigenvalue weighted by Gasteiger charge is -2.17. The highest BCUT2D eigenvalue weighted by molar-refractivity contribution is 6.22. The van der Waals surface area contributed by atoms with Gasteiger partial charge in [-0.1, -0.05) is 12.2 Å². The molecule has 1 aromatic carbocycles. The Bertz CT molecular complexity index is 680. The molecule has 2 amide bonds.